The number of carbonyl (C=O) groups is 2. The molecule has 0 amide bonds. The average Bonchev–Trinajstić information content (AvgIpc) is 2.55. The smallest absolute Gasteiger partial charge is 0.357 e. The van der Waals surface area contributed by atoms with Crippen molar-refractivity contribution in [3.05, 3.63) is 53.7 Å². The molecule has 0 N–H and O–H groups in total. The molecule has 0 unspecified atom stereocenters. The van der Waals surface area contributed by atoms with Crippen LogP contribution in [0.4, 0.5) is 0 Å². The van der Waals surface area contributed by atoms with Gasteiger partial charge in [0.2, 0.25) is 0 Å². The van der Waals surface area contributed by atoms with Crippen molar-refractivity contribution in [2.75, 3.05) is 6.61 Å². The van der Waals surface area contributed by atoms with Gasteiger partial charge in [-0.3, -0.25) is 0 Å². The summed E-state index contributed by atoms with van der Waals surface area (Å²) in [6.45, 7) is 5.67. The zero-order chi connectivity index (χ0) is 16.8. The van der Waals surface area contributed by atoms with Crippen LogP contribution < -0.4 is 0 Å². The number of carbonyl (C=O) groups excluding carboxylic acids is 2. The van der Waals surface area contributed by atoms with E-state index >= 15 is 0 Å². The third-order valence-corrected chi connectivity index (χ3v) is 2.99. The molecule has 1 heterocycles. The molecule has 0 aliphatic carbocycles. The molecule has 0 radical (unpaired) electrons. The van der Waals surface area contributed by atoms with Gasteiger partial charge in [-0.2, -0.15) is 0 Å². The summed E-state index contributed by atoms with van der Waals surface area (Å²) in [5.74, 6) is -0.814. The van der Waals surface area contributed by atoms with Crippen LogP contribution in [0.25, 0.3) is 11.3 Å². The van der Waals surface area contributed by atoms with Crippen LogP contribution in [-0.4, -0.2) is 29.6 Å². The molecule has 2 rings (SSSR count). The Balaban J connectivity index is 2.22. The van der Waals surface area contributed by atoms with Gasteiger partial charge in [-0.05, 0) is 45.0 Å². The Bertz CT molecular complexity index is 692. The first-order valence-electron chi connectivity index (χ1n) is 7.47. The van der Waals surface area contributed by atoms with Crippen molar-refractivity contribution in [2.24, 2.45) is 0 Å². The third-order valence-electron chi connectivity index (χ3n) is 2.99. The van der Waals surface area contributed by atoms with Gasteiger partial charge in [-0.1, -0.05) is 18.2 Å². The molecule has 0 atom stereocenters. The van der Waals surface area contributed by atoms with Crippen LogP contribution in [0.2, 0.25) is 0 Å². The standard InChI is InChI=1S/C18H19NO4/c1-4-22-17(20)14-10-8-13(9-11-14)15-6-5-7-16(19-15)18(21)23-12(2)3/h5-12H,4H2,1-3H3. The van der Waals surface area contributed by atoms with Crippen LogP contribution in [0, 0.1) is 0 Å². The first-order chi connectivity index (χ1) is 11.0. The van der Waals surface area contributed by atoms with E-state index < -0.39 is 5.97 Å². The summed E-state index contributed by atoms with van der Waals surface area (Å²) in [4.78, 5) is 27.9. The molecule has 0 aliphatic rings. The normalized spacial score (nSPS) is 10.4. The predicted octanol–water partition coefficient (Wildman–Crippen LogP) is 3.49. The number of hydrogen-bond acceptors (Lipinski definition) is 5. The van der Waals surface area contributed by atoms with Gasteiger partial charge < -0.3 is 9.47 Å². The van der Waals surface area contributed by atoms with Crippen molar-refractivity contribution in [3.8, 4) is 11.3 Å². The van der Waals surface area contributed by atoms with Gasteiger partial charge in [0.25, 0.3) is 0 Å². The van der Waals surface area contributed by atoms with Crippen molar-refractivity contribution in [3.63, 3.8) is 0 Å². The van der Waals surface area contributed by atoms with Crippen LogP contribution in [0.15, 0.2) is 42.5 Å². The second kappa shape index (κ2) is 7.54. The molecule has 0 aliphatic heterocycles. The van der Waals surface area contributed by atoms with Gasteiger partial charge in [-0.15, -0.1) is 0 Å². The van der Waals surface area contributed by atoms with E-state index in [2.05, 4.69) is 4.98 Å². The molecule has 5 nitrogen and oxygen atoms in total. The van der Waals surface area contributed by atoms with Gasteiger partial charge in [0, 0.05) is 5.56 Å². The van der Waals surface area contributed by atoms with E-state index in [0.29, 0.717) is 17.9 Å². The summed E-state index contributed by atoms with van der Waals surface area (Å²) in [5.41, 5.74) is 2.17. The van der Waals surface area contributed by atoms with Crippen LogP contribution in [-0.2, 0) is 9.47 Å². The van der Waals surface area contributed by atoms with Crippen LogP contribution in [0.1, 0.15) is 41.6 Å². The summed E-state index contributed by atoms with van der Waals surface area (Å²) in [7, 11) is 0. The molecule has 0 fully saturated rings. The predicted molar refractivity (Wildman–Crippen MR) is 86.2 cm³/mol. The lowest BCUT2D eigenvalue weighted by atomic mass is 10.1. The number of hydrogen-bond donors (Lipinski definition) is 0. The summed E-state index contributed by atoms with van der Waals surface area (Å²) in [5, 5.41) is 0. The Labute approximate surface area is 135 Å². The highest BCUT2D eigenvalue weighted by molar-refractivity contribution is 5.90. The minimum Gasteiger partial charge on any atom is -0.462 e. The fraction of sp³-hybridized carbons (Fsp3) is 0.278. The maximum atomic E-state index is 11.9. The minimum absolute atomic E-state index is 0.197. The number of esters is 2. The van der Waals surface area contributed by atoms with E-state index in [1.54, 1.807) is 63.2 Å². The number of benzene rings is 1. The molecular formula is C18H19NO4. The molecule has 5 heteroatoms. The quantitative estimate of drug-likeness (QED) is 0.791. The van der Waals surface area contributed by atoms with E-state index in [1.165, 1.54) is 0 Å². The highest BCUT2D eigenvalue weighted by atomic mass is 16.5. The van der Waals surface area contributed by atoms with E-state index in [4.69, 9.17) is 9.47 Å². The van der Waals surface area contributed by atoms with Gasteiger partial charge in [0.05, 0.1) is 24.0 Å². The molecule has 120 valence electrons. The Hall–Kier alpha value is -2.69. The molecule has 1 aromatic heterocycles. The first kappa shape index (κ1) is 16.7. The fourth-order valence-corrected chi connectivity index (χ4v) is 1.98. The Morgan fingerprint density at radius 3 is 2.35 bits per heavy atom. The number of ether oxygens (including phenoxy) is 2. The highest BCUT2D eigenvalue weighted by Crippen LogP contribution is 2.19. The zero-order valence-corrected chi connectivity index (χ0v) is 13.4. The molecule has 1 aromatic carbocycles. The van der Waals surface area contributed by atoms with E-state index in [0.717, 1.165) is 5.56 Å². The monoisotopic (exact) mass is 313 g/mol. The largest absolute Gasteiger partial charge is 0.462 e. The number of nitrogens with zero attached hydrogens (tertiary/aromatic N) is 1. The molecule has 0 bridgehead atoms. The van der Waals surface area contributed by atoms with Crippen molar-refractivity contribution < 1.29 is 19.1 Å². The van der Waals surface area contributed by atoms with Crippen molar-refractivity contribution >= 4 is 11.9 Å². The number of pyridine rings is 1. The lowest BCUT2D eigenvalue weighted by Gasteiger charge is -2.08. The van der Waals surface area contributed by atoms with Crippen molar-refractivity contribution in [1.82, 2.24) is 4.98 Å². The molecule has 0 saturated carbocycles. The average molecular weight is 313 g/mol. The van der Waals surface area contributed by atoms with Gasteiger partial charge >= 0.3 is 11.9 Å². The Morgan fingerprint density at radius 1 is 1.04 bits per heavy atom. The lowest BCUT2D eigenvalue weighted by Crippen LogP contribution is -2.13. The van der Waals surface area contributed by atoms with Crippen LogP contribution in [0.5, 0.6) is 0 Å². The van der Waals surface area contributed by atoms with Gasteiger partial charge in [0.1, 0.15) is 5.69 Å². The van der Waals surface area contributed by atoms with Crippen molar-refractivity contribution in [1.29, 1.82) is 0 Å². The summed E-state index contributed by atoms with van der Waals surface area (Å²) >= 11 is 0. The summed E-state index contributed by atoms with van der Waals surface area (Å²) in [6, 6.07) is 12.0. The number of aromatic nitrogens is 1. The van der Waals surface area contributed by atoms with E-state index in [-0.39, 0.29) is 17.8 Å². The molecule has 0 spiro atoms. The van der Waals surface area contributed by atoms with Crippen LogP contribution in [0.3, 0.4) is 0 Å². The maximum absolute atomic E-state index is 11.9. The number of rotatable bonds is 5. The SMILES string of the molecule is CCOC(=O)c1ccc(-c2cccc(C(=O)OC(C)C)n2)cc1. The third kappa shape index (κ3) is 4.39. The van der Waals surface area contributed by atoms with Crippen molar-refractivity contribution in [2.45, 2.75) is 26.9 Å². The topological polar surface area (TPSA) is 65.5 Å². The van der Waals surface area contributed by atoms with Gasteiger partial charge in [-0.25, -0.2) is 14.6 Å². The van der Waals surface area contributed by atoms with E-state index in [9.17, 15) is 9.59 Å². The second-order valence-electron chi connectivity index (χ2n) is 5.16. The molecular weight excluding hydrogens is 294 g/mol. The first-order valence-corrected chi connectivity index (χ1v) is 7.47. The minimum atomic E-state index is -0.454. The van der Waals surface area contributed by atoms with E-state index in [1.807, 2.05) is 0 Å². The molecule has 0 saturated heterocycles. The lowest BCUT2D eigenvalue weighted by molar-refractivity contribution is 0.0370. The second-order valence-corrected chi connectivity index (χ2v) is 5.16. The van der Waals surface area contributed by atoms with Crippen LogP contribution >= 0.6 is 0 Å². The summed E-state index contributed by atoms with van der Waals surface area (Å²) < 4.78 is 10.1. The highest BCUT2D eigenvalue weighted by Gasteiger charge is 2.12. The summed E-state index contributed by atoms with van der Waals surface area (Å²) in [6.07, 6.45) is -0.197. The maximum Gasteiger partial charge on any atom is 0.357 e. The van der Waals surface area contributed by atoms with Gasteiger partial charge in [0.15, 0.2) is 0 Å². The Kier molecular flexibility index (Phi) is 5.46. The fourth-order valence-electron chi connectivity index (χ4n) is 1.98. The molecule has 23 heavy (non-hydrogen) atoms. The Morgan fingerprint density at radius 2 is 1.74 bits per heavy atom. The molecule has 2 aromatic rings. The zero-order valence-electron chi connectivity index (χ0n) is 13.4.